The third-order valence-corrected chi connectivity index (χ3v) is 5.14. The van der Waals surface area contributed by atoms with Crippen molar-refractivity contribution in [2.24, 2.45) is 0 Å². The van der Waals surface area contributed by atoms with Gasteiger partial charge in [-0.15, -0.1) is 0 Å². The quantitative estimate of drug-likeness (QED) is 0.424. The van der Waals surface area contributed by atoms with Crippen LogP contribution >= 0.6 is 0 Å². The first kappa shape index (κ1) is 22.5. The van der Waals surface area contributed by atoms with Gasteiger partial charge in [0.15, 0.2) is 5.58 Å². The summed E-state index contributed by atoms with van der Waals surface area (Å²) in [6.45, 7) is 5.41. The number of aliphatic hydroxyl groups is 1. The Balaban J connectivity index is 1.75. The number of aromatic nitrogens is 2. The van der Waals surface area contributed by atoms with E-state index in [-0.39, 0.29) is 6.61 Å². The number of carbonyl (C=O) groups is 1. The van der Waals surface area contributed by atoms with Gasteiger partial charge in [-0.3, -0.25) is 4.98 Å². The van der Waals surface area contributed by atoms with Crippen molar-refractivity contribution in [1.82, 2.24) is 15.5 Å². The lowest BCUT2D eigenvalue weighted by atomic mass is 9.93. The van der Waals surface area contributed by atoms with E-state index in [4.69, 9.17) is 9.26 Å². The summed E-state index contributed by atoms with van der Waals surface area (Å²) in [4.78, 5) is 17.1. The van der Waals surface area contributed by atoms with Gasteiger partial charge in [-0.25, -0.2) is 4.79 Å². The first-order chi connectivity index (χ1) is 15.8. The number of alkyl carbamates (subject to hydrolysis) is 1. The lowest BCUT2D eigenvalue weighted by Gasteiger charge is -2.25. The number of hydrogen-bond acceptors (Lipinski definition) is 6. The first-order valence-electron chi connectivity index (χ1n) is 10.8. The number of nitrogens with zero attached hydrogens (tertiary/aromatic N) is 2. The summed E-state index contributed by atoms with van der Waals surface area (Å²) in [6.07, 6.45) is 1.70. The summed E-state index contributed by atoms with van der Waals surface area (Å²) in [5, 5.41) is 17.6. The molecule has 0 aliphatic rings. The van der Waals surface area contributed by atoms with Gasteiger partial charge in [0.25, 0.3) is 0 Å². The van der Waals surface area contributed by atoms with Gasteiger partial charge in [0.2, 0.25) is 0 Å². The zero-order valence-corrected chi connectivity index (χ0v) is 18.9. The average molecular weight is 446 g/mol. The van der Waals surface area contributed by atoms with Crippen molar-refractivity contribution < 1.29 is 19.2 Å². The van der Waals surface area contributed by atoms with E-state index in [9.17, 15) is 9.90 Å². The first-order valence-corrected chi connectivity index (χ1v) is 10.8. The number of rotatable bonds is 6. The molecule has 0 saturated heterocycles. The molecule has 33 heavy (non-hydrogen) atoms. The fourth-order valence-corrected chi connectivity index (χ4v) is 3.71. The predicted octanol–water partition coefficient (Wildman–Crippen LogP) is 5.19. The molecule has 0 aliphatic heterocycles. The van der Waals surface area contributed by atoms with Crippen LogP contribution in [0.2, 0.25) is 0 Å². The maximum absolute atomic E-state index is 12.7. The molecule has 7 heteroatoms. The van der Waals surface area contributed by atoms with Crippen LogP contribution in [-0.4, -0.2) is 26.9 Å². The monoisotopic (exact) mass is 445 g/mol. The third kappa shape index (κ3) is 5.38. The highest BCUT2D eigenvalue weighted by molar-refractivity contribution is 5.92. The van der Waals surface area contributed by atoms with Crippen LogP contribution in [0.1, 0.15) is 43.6 Å². The van der Waals surface area contributed by atoms with Crippen molar-refractivity contribution in [2.75, 3.05) is 0 Å². The molecule has 2 aromatic carbocycles. The van der Waals surface area contributed by atoms with Gasteiger partial charge in [-0.2, -0.15) is 0 Å². The van der Waals surface area contributed by atoms with Gasteiger partial charge in [0.1, 0.15) is 11.3 Å². The maximum atomic E-state index is 12.7. The summed E-state index contributed by atoms with van der Waals surface area (Å²) in [6, 6.07) is 18.6. The standard InChI is InChI=1S/C26H27N3O4/c1-26(2,3)32-25(31)28-22(15-18-8-6-7-13-27-18)19-9-4-5-10-20(19)24-21-12-11-17(16-30)14-23(21)33-29-24/h4-14,22,30H,15-16H2,1-3H3,(H,28,31)/t22-/m0/s1. The van der Waals surface area contributed by atoms with Crippen LogP contribution in [0.4, 0.5) is 4.79 Å². The zero-order chi connectivity index (χ0) is 23.4. The number of benzene rings is 2. The Bertz CT molecular complexity index is 1250. The van der Waals surface area contributed by atoms with Gasteiger partial charge in [0, 0.05) is 29.3 Å². The number of carbonyl (C=O) groups excluding carboxylic acids is 1. The molecule has 170 valence electrons. The van der Waals surface area contributed by atoms with E-state index in [1.54, 1.807) is 12.3 Å². The number of pyridine rings is 1. The van der Waals surface area contributed by atoms with E-state index in [0.29, 0.717) is 17.7 Å². The van der Waals surface area contributed by atoms with E-state index in [1.807, 2.05) is 75.4 Å². The number of hydrogen-bond donors (Lipinski definition) is 2. The Hall–Kier alpha value is -3.71. The van der Waals surface area contributed by atoms with Crippen LogP contribution in [0, 0.1) is 0 Å². The summed E-state index contributed by atoms with van der Waals surface area (Å²) in [7, 11) is 0. The average Bonchev–Trinajstić information content (AvgIpc) is 3.21. The summed E-state index contributed by atoms with van der Waals surface area (Å²) >= 11 is 0. The van der Waals surface area contributed by atoms with Gasteiger partial charge in [0.05, 0.1) is 12.6 Å². The summed E-state index contributed by atoms with van der Waals surface area (Å²) < 4.78 is 11.1. The highest BCUT2D eigenvalue weighted by Gasteiger charge is 2.25. The molecular formula is C26H27N3O4. The second kappa shape index (κ2) is 9.42. The number of amides is 1. The molecule has 4 rings (SSSR count). The Morgan fingerprint density at radius 3 is 2.64 bits per heavy atom. The Morgan fingerprint density at radius 2 is 1.91 bits per heavy atom. The molecule has 2 heterocycles. The van der Waals surface area contributed by atoms with Crippen LogP contribution in [0.15, 0.2) is 71.4 Å². The fraction of sp³-hybridized carbons (Fsp3) is 0.269. The van der Waals surface area contributed by atoms with Crippen molar-refractivity contribution in [3.8, 4) is 11.3 Å². The van der Waals surface area contributed by atoms with Gasteiger partial charge in [-0.05, 0) is 56.2 Å². The molecular weight excluding hydrogens is 418 g/mol. The minimum Gasteiger partial charge on any atom is -0.444 e. The third-order valence-electron chi connectivity index (χ3n) is 5.14. The highest BCUT2D eigenvalue weighted by Crippen LogP contribution is 2.34. The molecule has 2 N–H and O–H groups in total. The molecule has 1 atom stereocenters. The van der Waals surface area contributed by atoms with Gasteiger partial charge >= 0.3 is 6.09 Å². The molecule has 0 bridgehead atoms. The van der Waals surface area contributed by atoms with Crippen LogP contribution in [-0.2, 0) is 17.8 Å². The molecule has 4 aromatic rings. The number of aliphatic hydroxyl groups excluding tert-OH is 1. The topological polar surface area (TPSA) is 97.5 Å². The van der Waals surface area contributed by atoms with Crippen LogP contribution < -0.4 is 5.32 Å². The minimum atomic E-state index is -0.619. The van der Waals surface area contributed by atoms with E-state index in [2.05, 4.69) is 15.5 Å². The largest absolute Gasteiger partial charge is 0.444 e. The lowest BCUT2D eigenvalue weighted by molar-refractivity contribution is 0.0503. The molecule has 0 aliphatic carbocycles. The van der Waals surface area contributed by atoms with Crippen molar-refractivity contribution in [1.29, 1.82) is 0 Å². The SMILES string of the molecule is CC(C)(C)OC(=O)N[C@@H](Cc1ccccn1)c1ccccc1-c1noc2cc(CO)ccc12. The van der Waals surface area contributed by atoms with E-state index in [0.717, 1.165) is 27.8 Å². The maximum Gasteiger partial charge on any atom is 0.408 e. The fourth-order valence-electron chi connectivity index (χ4n) is 3.71. The van der Waals surface area contributed by atoms with Crippen molar-refractivity contribution >= 4 is 17.1 Å². The summed E-state index contributed by atoms with van der Waals surface area (Å²) in [5.74, 6) is 0. The lowest BCUT2D eigenvalue weighted by Crippen LogP contribution is -2.36. The van der Waals surface area contributed by atoms with Gasteiger partial charge in [-0.1, -0.05) is 41.6 Å². The molecule has 0 fully saturated rings. The van der Waals surface area contributed by atoms with Crippen LogP contribution in [0.25, 0.3) is 22.2 Å². The molecule has 0 saturated carbocycles. The number of ether oxygens (including phenoxy) is 1. The van der Waals surface area contributed by atoms with Crippen molar-refractivity contribution in [3.05, 3.63) is 83.7 Å². The molecule has 0 radical (unpaired) electrons. The van der Waals surface area contributed by atoms with Crippen molar-refractivity contribution in [2.45, 2.75) is 45.4 Å². The Morgan fingerprint density at radius 1 is 1.12 bits per heavy atom. The summed E-state index contributed by atoms with van der Waals surface area (Å²) in [5.41, 5.74) is 3.94. The van der Waals surface area contributed by atoms with E-state index < -0.39 is 17.7 Å². The minimum absolute atomic E-state index is 0.0749. The smallest absolute Gasteiger partial charge is 0.408 e. The zero-order valence-electron chi connectivity index (χ0n) is 18.9. The molecule has 2 aromatic heterocycles. The molecule has 0 spiro atoms. The number of fused-ring (bicyclic) bond motifs is 1. The van der Waals surface area contributed by atoms with Crippen LogP contribution in [0.5, 0.6) is 0 Å². The molecule has 0 unspecified atom stereocenters. The normalized spacial score (nSPS) is 12.5. The van der Waals surface area contributed by atoms with Crippen LogP contribution in [0.3, 0.4) is 0 Å². The van der Waals surface area contributed by atoms with Crippen molar-refractivity contribution in [3.63, 3.8) is 0 Å². The van der Waals surface area contributed by atoms with E-state index >= 15 is 0 Å². The molecule has 1 amide bonds. The second-order valence-electron chi connectivity index (χ2n) is 8.83. The Kier molecular flexibility index (Phi) is 6.42. The Labute approximate surface area is 192 Å². The number of nitrogens with one attached hydrogen (secondary N) is 1. The van der Waals surface area contributed by atoms with Gasteiger partial charge < -0.3 is 19.7 Å². The van der Waals surface area contributed by atoms with E-state index in [1.165, 1.54) is 0 Å². The highest BCUT2D eigenvalue weighted by atomic mass is 16.6. The second-order valence-corrected chi connectivity index (χ2v) is 8.83. The predicted molar refractivity (Wildman–Crippen MR) is 125 cm³/mol. The molecule has 7 nitrogen and oxygen atoms in total.